The molecule has 1 N–H and O–H groups in total. The van der Waals surface area contributed by atoms with E-state index < -0.39 is 26.9 Å². The SMILES string of the molecule is C=CCCC(c1ccc(COc2ccc(CCC(=O)O)c(F)c2)cc1)S(=O)(=O)c1nc(-c2ccccc2)cs1. The second kappa shape index (κ2) is 12.8. The van der Waals surface area contributed by atoms with Crippen LogP contribution >= 0.6 is 11.3 Å². The summed E-state index contributed by atoms with van der Waals surface area (Å²) in [5.74, 6) is -1.18. The molecule has 1 heterocycles. The van der Waals surface area contributed by atoms with Crippen LogP contribution in [0.25, 0.3) is 11.3 Å². The quantitative estimate of drug-likeness (QED) is 0.175. The molecule has 1 atom stereocenters. The maximum atomic E-state index is 14.3. The highest BCUT2D eigenvalue weighted by atomic mass is 32.2. The van der Waals surface area contributed by atoms with Crippen molar-refractivity contribution in [1.29, 1.82) is 0 Å². The van der Waals surface area contributed by atoms with Gasteiger partial charge in [-0.1, -0.05) is 66.7 Å². The Hall–Kier alpha value is -3.82. The zero-order valence-electron chi connectivity index (χ0n) is 21.1. The first-order valence-electron chi connectivity index (χ1n) is 12.4. The van der Waals surface area contributed by atoms with Gasteiger partial charge >= 0.3 is 5.97 Å². The molecular formula is C30H28FNO5S2. The molecule has 0 aliphatic heterocycles. The highest BCUT2D eigenvalue weighted by molar-refractivity contribution is 7.93. The first-order chi connectivity index (χ1) is 18.8. The molecule has 4 rings (SSSR count). The fourth-order valence-electron chi connectivity index (χ4n) is 4.08. The Balaban J connectivity index is 1.47. The number of nitrogens with zero attached hydrogens (tertiary/aromatic N) is 1. The van der Waals surface area contributed by atoms with Crippen LogP contribution in [0.2, 0.25) is 0 Å². The fourth-order valence-corrected chi connectivity index (χ4v) is 7.09. The average molecular weight is 566 g/mol. The monoisotopic (exact) mass is 565 g/mol. The summed E-state index contributed by atoms with van der Waals surface area (Å²) in [7, 11) is -3.75. The molecule has 0 saturated heterocycles. The number of carbonyl (C=O) groups is 1. The number of aromatic nitrogens is 1. The molecule has 0 aliphatic rings. The summed E-state index contributed by atoms with van der Waals surface area (Å²) in [5, 5.41) is 9.76. The number of carboxylic acid groups (broad SMARTS) is 1. The van der Waals surface area contributed by atoms with Crippen molar-refractivity contribution >= 4 is 27.1 Å². The van der Waals surface area contributed by atoms with Gasteiger partial charge in [0, 0.05) is 23.4 Å². The van der Waals surface area contributed by atoms with Crippen molar-refractivity contribution < 1.29 is 27.4 Å². The van der Waals surface area contributed by atoms with E-state index in [0.29, 0.717) is 35.4 Å². The molecule has 1 aromatic heterocycles. The molecule has 0 radical (unpaired) electrons. The van der Waals surface area contributed by atoms with Crippen LogP contribution in [0, 0.1) is 5.82 Å². The van der Waals surface area contributed by atoms with Gasteiger partial charge in [0.1, 0.15) is 18.2 Å². The summed E-state index contributed by atoms with van der Waals surface area (Å²) in [4.78, 5) is 15.2. The van der Waals surface area contributed by atoms with E-state index in [4.69, 9.17) is 9.84 Å². The van der Waals surface area contributed by atoms with Gasteiger partial charge in [0.25, 0.3) is 0 Å². The van der Waals surface area contributed by atoms with Crippen LogP contribution in [0.5, 0.6) is 5.75 Å². The lowest BCUT2D eigenvalue weighted by Gasteiger charge is -2.17. The van der Waals surface area contributed by atoms with Crippen LogP contribution in [0.15, 0.2) is 95.2 Å². The second-order valence-electron chi connectivity index (χ2n) is 8.94. The Morgan fingerprint density at radius 2 is 1.85 bits per heavy atom. The minimum Gasteiger partial charge on any atom is -0.489 e. The van der Waals surface area contributed by atoms with E-state index in [1.807, 2.05) is 30.3 Å². The van der Waals surface area contributed by atoms with Crippen molar-refractivity contribution in [2.45, 2.75) is 41.9 Å². The Labute approximate surface area is 231 Å². The summed E-state index contributed by atoms with van der Waals surface area (Å²) in [6, 6.07) is 20.9. The lowest BCUT2D eigenvalue weighted by atomic mass is 10.1. The molecule has 0 aliphatic carbocycles. The second-order valence-corrected chi connectivity index (χ2v) is 12.1. The number of aliphatic carboxylic acids is 1. The molecule has 1 unspecified atom stereocenters. The van der Waals surface area contributed by atoms with Crippen LogP contribution < -0.4 is 4.74 Å². The summed E-state index contributed by atoms with van der Waals surface area (Å²) >= 11 is 1.12. The lowest BCUT2D eigenvalue weighted by molar-refractivity contribution is -0.136. The molecular weight excluding hydrogens is 537 g/mol. The van der Waals surface area contributed by atoms with Crippen LogP contribution in [0.3, 0.4) is 0 Å². The van der Waals surface area contributed by atoms with Gasteiger partial charge in [0.05, 0.1) is 10.9 Å². The summed E-state index contributed by atoms with van der Waals surface area (Å²) < 4.78 is 47.3. The van der Waals surface area contributed by atoms with Gasteiger partial charge in [-0.3, -0.25) is 4.79 Å². The van der Waals surface area contributed by atoms with E-state index in [0.717, 1.165) is 22.5 Å². The number of hydrogen-bond acceptors (Lipinski definition) is 6. The molecule has 0 fully saturated rings. The number of hydrogen-bond donors (Lipinski definition) is 1. The molecule has 4 aromatic rings. The molecule has 3 aromatic carbocycles. The van der Waals surface area contributed by atoms with E-state index in [9.17, 15) is 17.6 Å². The first kappa shape index (κ1) is 28.2. The standard InChI is InChI=1S/C30H28FNO5S2/c1-2-3-9-28(39(35,36)30-32-27(20-38-30)23-7-5-4-6-8-23)24-12-10-21(11-13-24)19-37-25-16-14-22(26(31)18-25)15-17-29(33)34/h2,4-8,10-14,16,18,20,28H,1,3,9,15,17,19H2,(H,33,34). The molecule has 0 bridgehead atoms. The Morgan fingerprint density at radius 1 is 1.10 bits per heavy atom. The zero-order chi connectivity index (χ0) is 27.8. The molecule has 39 heavy (non-hydrogen) atoms. The number of rotatable bonds is 13. The van der Waals surface area contributed by atoms with Gasteiger partial charge in [-0.25, -0.2) is 17.8 Å². The number of sulfone groups is 1. The number of halogens is 1. The Kier molecular flexibility index (Phi) is 9.27. The molecule has 0 spiro atoms. The average Bonchev–Trinajstić information content (AvgIpc) is 3.44. The normalized spacial score (nSPS) is 12.1. The zero-order valence-corrected chi connectivity index (χ0v) is 22.8. The topological polar surface area (TPSA) is 93.6 Å². The third-order valence-corrected chi connectivity index (χ3v) is 9.65. The summed E-state index contributed by atoms with van der Waals surface area (Å²) in [6.07, 6.45) is 2.56. The van der Waals surface area contributed by atoms with Gasteiger partial charge < -0.3 is 9.84 Å². The van der Waals surface area contributed by atoms with E-state index in [-0.39, 0.29) is 23.8 Å². The smallest absolute Gasteiger partial charge is 0.303 e. The number of aryl methyl sites for hydroxylation is 1. The Morgan fingerprint density at radius 3 is 2.51 bits per heavy atom. The minimum atomic E-state index is -3.75. The van der Waals surface area contributed by atoms with E-state index in [2.05, 4.69) is 11.6 Å². The van der Waals surface area contributed by atoms with Crippen molar-refractivity contribution in [2.75, 3.05) is 0 Å². The summed E-state index contributed by atoms with van der Waals surface area (Å²) in [5.41, 5.74) is 3.23. The number of ether oxygens (including phenoxy) is 1. The van der Waals surface area contributed by atoms with Crippen molar-refractivity contribution in [2.24, 2.45) is 0 Å². The van der Waals surface area contributed by atoms with Crippen molar-refractivity contribution in [3.8, 4) is 17.0 Å². The highest BCUT2D eigenvalue weighted by Crippen LogP contribution is 2.36. The number of benzene rings is 3. The molecule has 202 valence electrons. The number of allylic oxidation sites excluding steroid dienone is 1. The third kappa shape index (κ3) is 7.19. The van der Waals surface area contributed by atoms with Gasteiger partial charge in [-0.2, -0.15) is 0 Å². The van der Waals surface area contributed by atoms with Crippen LogP contribution in [0.4, 0.5) is 4.39 Å². The van der Waals surface area contributed by atoms with Gasteiger partial charge in [0.2, 0.25) is 14.2 Å². The molecule has 6 nitrogen and oxygen atoms in total. The lowest BCUT2D eigenvalue weighted by Crippen LogP contribution is -2.14. The van der Waals surface area contributed by atoms with Crippen molar-refractivity contribution in [3.63, 3.8) is 0 Å². The summed E-state index contributed by atoms with van der Waals surface area (Å²) in [6.45, 7) is 3.90. The van der Waals surface area contributed by atoms with Crippen LogP contribution in [-0.2, 0) is 27.7 Å². The van der Waals surface area contributed by atoms with Crippen LogP contribution in [0.1, 0.15) is 41.2 Å². The van der Waals surface area contributed by atoms with E-state index in [1.165, 1.54) is 12.1 Å². The third-order valence-electron chi connectivity index (χ3n) is 6.19. The minimum absolute atomic E-state index is 0.0802. The number of thiazole rings is 1. The van der Waals surface area contributed by atoms with Gasteiger partial charge in [0.15, 0.2) is 0 Å². The highest BCUT2D eigenvalue weighted by Gasteiger charge is 2.31. The number of carboxylic acids is 1. The van der Waals surface area contributed by atoms with Gasteiger partial charge in [-0.05, 0) is 42.0 Å². The molecule has 9 heteroatoms. The maximum Gasteiger partial charge on any atom is 0.303 e. The predicted molar refractivity (Wildman–Crippen MR) is 150 cm³/mol. The van der Waals surface area contributed by atoms with Crippen LogP contribution in [-0.4, -0.2) is 24.5 Å². The molecule has 0 saturated carbocycles. The van der Waals surface area contributed by atoms with Crippen molar-refractivity contribution in [1.82, 2.24) is 4.98 Å². The van der Waals surface area contributed by atoms with Crippen molar-refractivity contribution in [3.05, 3.63) is 113 Å². The van der Waals surface area contributed by atoms with E-state index in [1.54, 1.807) is 41.8 Å². The first-order valence-corrected chi connectivity index (χ1v) is 14.8. The largest absolute Gasteiger partial charge is 0.489 e. The predicted octanol–water partition coefficient (Wildman–Crippen LogP) is 7.03. The molecule has 0 amide bonds. The fraction of sp³-hybridized carbons (Fsp3) is 0.200. The van der Waals surface area contributed by atoms with Gasteiger partial charge in [-0.15, -0.1) is 17.9 Å². The van der Waals surface area contributed by atoms with E-state index >= 15 is 0 Å². The maximum absolute atomic E-state index is 14.3. The Bertz CT molecular complexity index is 1530.